The molecule has 5 aromatic rings. The van der Waals surface area contributed by atoms with Crippen molar-refractivity contribution >= 4 is 33.3 Å². The fourth-order valence-corrected chi connectivity index (χ4v) is 4.14. The first kappa shape index (κ1) is 18.3. The summed E-state index contributed by atoms with van der Waals surface area (Å²) in [5.41, 5.74) is 5.80. The number of thiazole rings is 1. The minimum Gasteiger partial charge on any atom is -0.360 e. The number of nitrogens with one attached hydrogen (secondary N) is 2. The lowest BCUT2D eigenvalue weighted by atomic mass is 10.1. The van der Waals surface area contributed by atoms with E-state index < -0.39 is 0 Å². The molecule has 0 saturated heterocycles. The summed E-state index contributed by atoms with van der Waals surface area (Å²) in [5, 5.41) is 14.6. The fraction of sp³-hybridized carbons (Fsp3) is 0.0909. The molecule has 148 valence electrons. The zero-order chi connectivity index (χ0) is 20.7. The maximum atomic E-state index is 12.8. The van der Waals surface area contributed by atoms with Gasteiger partial charge in [0.1, 0.15) is 0 Å². The highest BCUT2D eigenvalue weighted by Gasteiger charge is 2.19. The monoisotopic (exact) mass is 414 g/mol. The van der Waals surface area contributed by atoms with Crippen molar-refractivity contribution in [2.24, 2.45) is 0 Å². The van der Waals surface area contributed by atoms with Crippen LogP contribution in [0.1, 0.15) is 21.7 Å². The van der Waals surface area contributed by atoms with E-state index in [4.69, 9.17) is 0 Å². The minimum absolute atomic E-state index is 0.278. The van der Waals surface area contributed by atoms with Crippen LogP contribution in [0.25, 0.3) is 27.8 Å². The number of amides is 1. The summed E-state index contributed by atoms with van der Waals surface area (Å²) < 4.78 is 1.67. The van der Waals surface area contributed by atoms with E-state index in [1.807, 2.05) is 74.0 Å². The van der Waals surface area contributed by atoms with Crippen molar-refractivity contribution in [1.29, 1.82) is 0 Å². The van der Waals surface area contributed by atoms with Crippen molar-refractivity contribution in [3.05, 3.63) is 77.1 Å². The average Bonchev–Trinajstić information content (AvgIpc) is 3.46. The predicted octanol–water partition coefficient (Wildman–Crippen LogP) is 4.74. The topological polar surface area (TPSA) is 88.5 Å². The first-order chi connectivity index (χ1) is 14.6. The summed E-state index contributed by atoms with van der Waals surface area (Å²) in [4.78, 5) is 20.6. The molecule has 3 aromatic heterocycles. The van der Waals surface area contributed by atoms with Gasteiger partial charge in [-0.1, -0.05) is 35.5 Å². The van der Waals surface area contributed by atoms with Gasteiger partial charge in [-0.3, -0.25) is 10.1 Å². The largest absolute Gasteiger partial charge is 0.360 e. The molecule has 0 aliphatic rings. The second-order valence-corrected chi connectivity index (χ2v) is 7.87. The second kappa shape index (κ2) is 7.23. The molecule has 0 fully saturated rings. The highest BCUT2D eigenvalue weighted by atomic mass is 32.1. The lowest BCUT2D eigenvalue weighted by Gasteiger charge is -2.04. The normalized spacial score (nSPS) is 11.1. The number of para-hydroxylation sites is 1. The Kier molecular flexibility index (Phi) is 4.40. The van der Waals surface area contributed by atoms with Crippen molar-refractivity contribution in [2.75, 3.05) is 5.32 Å². The van der Waals surface area contributed by atoms with Crippen molar-refractivity contribution in [1.82, 2.24) is 25.0 Å². The van der Waals surface area contributed by atoms with Crippen LogP contribution in [0.3, 0.4) is 0 Å². The number of anilines is 1. The Bertz CT molecular complexity index is 1380. The number of carbonyl (C=O) groups excluding carboxylic acids is 1. The number of aromatic nitrogens is 5. The number of carbonyl (C=O) groups is 1. The molecule has 0 atom stereocenters. The Morgan fingerprint density at radius 1 is 1.13 bits per heavy atom. The number of H-pyrrole nitrogens is 1. The van der Waals surface area contributed by atoms with Gasteiger partial charge in [0, 0.05) is 28.0 Å². The van der Waals surface area contributed by atoms with E-state index in [0.717, 1.165) is 33.4 Å². The van der Waals surface area contributed by atoms with Crippen LogP contribution in [0.15, 0.2) is 60.1 Å². The van der Waals surface area contributed by atoms with Crippen LogP contribution in [-0.2, 0) is 0 Å². The third kappa shape index (κ3) is 3.17. The standard InChI is InChI=1S/C22H18N6OS/c1-13-6-5-7-15(10-13)28-14(2)20(26-27-28)21(29)25-22-24-19(12-30-22)17-11-23-18-9-4-3-8-16(17)18/h3-12,23H,1-2H3,(H,24,25,29). The van der Waals surface area contributed by atoms with E-state index >= 15 is 0 Å². The Morgan fingerprint density at radius 2 is 2.00 bits per heavy atom. The molecular formula is C22H18N6OS. The van der Waals surface area contributed by atoms with Crippen LogP contribution >= 0.6 is 11.3 Å². The quantitative estimate of drug-likeness (QED) is 0.444. The maximum absolute atomic E-state index is 12.8. The summed E-state index contributed by atoms with van der Waals surface area (Å²) in [6.07, 6.45) is 1.93. The van der Waals surface area contributed by atoms with Crippen LogP contribution in [-0.4, -0.2) is 30.9 Å². The van der Waals surface area contributed by atoms with Gasteiger partial charge in [0.25, 0.3) is 5.91 Å². The van der Waals surface area contributed by atoms with E-state index in [0.29, 0.717) is 10.8 Å². The summed E-state index contributed by atoms with van der Waals surface area (Å²) >= 11 is 1.38. The van der Waals surface area contributed by atoms with Gasteiger partial charge < -0.3 is 4.98 Å². The molecule has 7 nitrogen and oxygen atoms in total. The number of aryl methyl sites for hydroxylation is 1. The van der Waals surface area contributed by atoms with E-state index in [1.165, 1.54) is 11.3 Å². The summed E-state index contributed by atoms with van der Waals surface area (Å²) in [7, 11) is 0. The van der Waals surface area contributed by atoms with Gasteiger partial charge in [0.05, 0.1) is 17.1 Å². The molecule has 30 heavy (non-hydrogen) atoms. The molecule has 0 bridgehead atoms. The highest BCUT2D eigenvalue weighted by Crippen LogP contribution is 2.31. The number of benzene rings is 2. The smallest absolute Gasteiger partial charge is 0.279 e. The first-order valence-electron chi connectivity index (χ1n) is 9.43. The lowest BCUT2D eigenvalue weighted by molar-refractivity contribution is 0.102. The number of fused-ring (bicyclic) bond motifs is 1. The maximum Gasteiger partial charge on any atom is 0.279 e. The Balaban J connectivity index is 1.39. The minimum atomic E-state index is -0.328. The van der Waals surface area contributed by atoms with E-state index in [-0.39, 0.29) is 11.6 Å². The molecule has 3 heterocycles. The summed E-state index contributed by atoms with van der Waals surface area (Å²) in [6, 6.07) is 15.9. The van der Waals surface area contributed by atoms with Crippen LogP contribution < -0.4 is 5.32 Å². The molecule has 0 aliphatic carbocycles. The molecule has 2 aromatic carbocycles. The third-order valence-electron chi connectivity index (χ3n) is 4.95. The first-order valence-corrected chi connectivity index (χ1v) is 10.3. The molecule has 5 rings (SSSR count). The zero-order valence-electron chi connectivity index (χ0n) is 16.4. The summed E-state index contributed by atoms with van der Waals surface area (Å²) in [6.45, 7) is 3.84. The molecule has 0 saturated carbocycles. The molecule has 0 spiro atoms. The van der Waals surface area contributed by atoms with Gasteiger partial charge in [-0.15, -0.1) is 16.4 Å². The molecule has 0 unspecified atom stereocenters. The van der Waals surface area contributed by atoms with Crippen LogP contribution in [0.2, 0.25) is 0 Å². The van der Waals surface area contributed by atoms with Gasteiger partial charge >= 0.3 is 0 Å². The molecule has 0 aliphatic heterocycles. The van der Waals surface area contributed by atoms with Gasteiger partial charge in [-0.25, -0.2) is 9.67 Å². The Hall–Kier alpha value is -3.78. The van der Waals surface area contributed by atoms with Gasteiger partial charge in [0.2, 0.25) is 0 Å². The van der Waals surface area contributed by atoms with E-state index in [9.17, 15) is 4.79 Å². The number of rotatable bonds is 4. The number of hydrogen-bond acceptors (Lipinski definition) is 5. The molecule has 8 heteroatoms. The lowest BCUT2D eigenvalue weighted by Crippen LogP contribution is -2.14. The zero-order valence-corrected chi connectivity index (χ0v) is 17.2. The molecule has 2 N–H and O–H groups in total. The van der Waals surface area contributed by atoms with Gasteiger partial charge in [0.15, 0.2) is 10.8 Å². The van der Waals surface area contributed by atoms with Crippen LogP contribution in [0.5, 0.6) is 0 Å². The number of nitrogens with zero attached hydrogens (tertiary/aromatic N) is 4. The van der Waals surface area contributed by atoms with Crippen molar-refractivity contribution in [3.8, 4) is 16.9 Å². The van der Waals surface area contributed by atoms with Crippen LogP contribution in [0.4, 0.5) is 5.13 Å². The third-order valence-corrected chi connectivity index (χ3v) is 5.70. The molecule has 1 amide bonds. The van der Waals surface area contributed by atoms with Crippen molar-refractivity contribution in [3.63, 3.8) is 0 Å². The van der Waals surface area contributed by atoms with Crippen molar-refractivity contribution < 1.29 is 4.79 Å². The number of aromatic amines is 1. The van der Waals surface area contributed by atoms with Gasteiger partial charge in [-0.05, 0) is 37.6 Å². The van der Waals surface area contributed by atoms with E-state index in [1.54, 1.807) is 4.68 Å². The average molecular weight is 414 g/mol. The Labute approximate surface area is 176 Å². The Morgan fingerprint density at radius 3 is 2.87 bits per heavy atom. The summed E-state index contributed by atoms with van der Waals surface area (Å²) in [5.74, 6) is -0.328. The molecule has 0 radical (unpaired) electrons. The second-order valence-electron chi connectivity index (χ2n) is 7.01. The van der Waals surface area contributed by atoms with Crippen LogP contribution in [0, 0.1) is 13.8 Å². The van der Waals surface area contributed by atoms with Crippen molar-refractivity contribution in [2.45, 2.75) is 13.8 Å². The van der Waals surface area contributed by atoms with E-state index in [2.05, 4.69) is 25.6 Å². The SMILES string of the molecule is Cc1cccc(-n2nnc(C(=O)Nc3nc(-c4c[nH]c5ccccc45)cs3)c2C)c1. The fourth-order valence-electron chi connectivity index (χ4n) is 3.44. The number of hydrogen-bond donors (Lipinski definition) is 2. The predicted molar refractivity (Wildman–Crippen MR) is 118 cm³/mol. The van der Waals surface area contributed by atoms with Gasteiger partial charge in [-0.2, -0.15) is 0 Å². The molecular weight excluding hydrogens is 396 g/mol. The highest BCUT2D eigenvalue weighted by molar-refractivity contribution is 7.14.